The summed E-state index contributed by atoms with van der Waals surface area (Å²) in [6, 6.07) is 0. The first-order chi connectivity index (χ1) is 3.77. The average Bonchev–Trinajstić information content (AvgIpc) is 1.72. The van der Waals surface area contributed by atoms with Gasteiger partial charge in [0.2, 0.25) is 0 Å². The van der Waals surface area contributed by atoms with Gasteiger partial charge in [0.1, 0.15) is 0 Å². The van der Waals surface area contributed by atoms with E-state index in [0.29, 0.717) is 0 Å². The van der Waals surface area contributed by atoms with Crippen LogP contribution in [0.2, 0.25) is 0 Å². The summed E-state index contributed by atoms with van der Waals surface area (Å²) >= 11 is 0. The summed E-state index contributed by atoms with van der Waals surface area (Å²) < 4.78 is 3.89. The van der Waals surface area contributed by atoms with Gasteiger partial charge in [0.25, 0.3) is 0 Å². The van der Waals surface area contributed by atoms with Gasteiger partial charge in [-0.2, -0.15) is 7.11 Å². The number of hydrogen-bond donors (Lipinski definition) is 0. The molecular formula is C4H7O4-3. The van der Waals surface area contributed by atoms with E-state index in [-0.39, 0.29) is 0 Å². The first-order valence-corrected chi connectivity index (χ1v) is 1.75. The molecule has 0 unspecified atom stereocenters. The van der Waals surface area contributed by atoms with Crippen LogP contribution in [0.3, 0.4) is 0 Å². The lowest BCUT2D eigenvalue weighted by Gasteiger charge is -2.01. The van der Waals surface area contributed by atoms with E-state index in [9.17, 15) is 9.90 Å². The fourth-order valence-electron chi connectivity index (χ4n) is 0.0833. The van der Waals surface area contributed by atoms with E-state index in [0.717, 1.165) is 7.11 Å². The van der Waals surface area contributed by atoms with Crippen LogP contribution in [-0.4, -0.2) is 19.7 Å². The highest BCUT2D eigenvalue weighted by Gasteiger charge is 1.69. The largest absolute Gasteiger partial charge is 0.857 e. The number of aliphatic carboxylic acids is 1. The molecule has 0 bridgehead atoms. The van der Waals surface area contributed by atoms with Crippen LogP contribution in [0.4, 0.5) is 0 Å². The highest BCUT2D eigenvalue weighted by molar-refractivity contribution is 5.65. The summed E-state index contributed by atoms with van der Waals surface area (Å²) in [7, 11) is 3.56. The molecule has 0 fully saturated rings. The monoisotopic (exact) mass is 119 g/mol. The third-order valence-corrected chi connectivity index (χ3v) is 0.220. The summed E-state index contributed by atoms with van der Waals surface area (Å²) in [6.07, 6.45) is 0. The maximum absolute atomic E-state index is 9.32. The molecule has 0 saturated heterocycles. The lowest BCUT2D eigenvalue weighted by Crippen LogP contribution is -2.26. The van der Waals surface area contributed by atoms with Crippen molar-refractivity contribution < 1.29 is 19.7 Å². The maximum atomic E-state index is 9.32. The second-order valence-electron chi connectivity index (χ2n) is 0.720. The first kappa shape index (κ1) is 10.4. The summed E-state index contributed by atoms with van der Waals surface area (Å²) in [4.78, 5) is 9.32. The Bertz CT molecular complexity index is 52.0. The molecule has 0 radical (unpaired) electrons. The van der Waals surface area contributed by atoms with Crippen LogP contribution in [0.25, 0.3) is 0 Å². The van der Waals surface area contributed by atoms with Gasteiger partial charge in [0, 0.05) is 0 Å². The normalized spacial score (nSPS) is 6.88. The Balaban J connectivity index is 0. The van der Waals surface area contributed by atoms with Gasteiger partial charge in [-0.3, -0.25) is 0 Å². The Labute approximate surface area is 47.7 Å². The zero-order chi connectivity index (χ0) is 6.99. The molecule has 50 valence electrons. The molecule has 4 nitrogen and oxygen atoms in total. The Morgan fingerprint density at radius 2 is 2.12 bits per heavy atom. The molecule has 0 heterocycles. The molecule has 0 amide bonds. The van der Waals surface area contributed by atoms with E-state index < -0.39 is 12.6 Å². The van der Waals surface area contributed by atoms with E-state index in [2.05, 4.69) is 11.8 Å². The molecule has 0 aromatic heterocycles. The maximum Gasteiger partial charge on any atom is 0.0642 e. The van der Waals surface area contributed by atoms with Gasteiger partial charge in [0.15, 0.2) is 0 Å². The van der Waals surface area contributed by atoms with E-state index in [1.54, 1.807) is 0 Å². The van der Waals surface area contributed by atoms with Crippen molar-refractivity contribution in [2.24, 2.45) is 0 Å². The zero-order valence-corrected chi connectivity index (χ0v) is 4.55. The van der Waals surface area contributed by atoms with Gasteiger partial charge in [-0.1, -0.05) is 0 Å². The molecule has 0 aliphatic heterocycles. The predicted molar refractivity (Wildman–Crippen MR) is 22.2 cm³/mol. The van der Waals surface area contributed by atoms with E-state index in [4.69, 9.17) is 5.11 Å². The molecule has 0 aliphatic carbocycles. The molecule has 0 spiro atoms. The Morgan fingerprint density at radius 1 is 1.75 bits per heavy atom. The van der Waals surface area contributed by atoms with Crippen LogP contribution in [0.15, 0.2) is 0 Å². The molecule has 0 saturated carbocycles. The number of hydrogen-bond acceptors (Lipinski definition) is 4. The molecule has 8 heavy (non-hydrogen) atoms. The minimum absolute atomic E-state index is 0.431. The number of carbonyl (C=O) groups excluding carboxylic acids is 1. The van der Waals surface area contributed by atoms with E-state index in [1.807, 2.05) is 0 Å². The second kappa shape index (κ2) is 9.63. The second-order valence-corrected chi connectivity index (χ2v) is 0.720. The number of carbonyl (C=O) groups is 1. The fourth-order valence-corrected chi connectivity index (χ4v) is 0.0833. The predicted octanol–water partition coefficient (Wildman–Crippen LogP) is -2.48. The third kappa shape index (κ3) is 18.2. The van der Waals surface area contributed by atoms with Crippen LogP contribution in [0.5, 0.6) is 0 Å². The smallest absolute Gasteiger partial charge is 0.0642 e. The fraction of sp³-hybridized carbons (Fsp3) is 0.500. The SMILES string of the molecule is C[O-].[CH2-]OCC(=O)[O-]. The van der Waals surface area contributed by atoms with Crippen LogP contribution in [-0.2, 0) is 9.53 Å². The van der Waals surface area contributed by atoms with Crippen molar-refractivity contribution in [3.63, 3.8) is 0 Å². The van der Waals surface area contributed by atoms with Gasteiger partial charge in [-0.25, -0.2) is 7.11 Å². The molecule has 0 rings (SSSR count). The van der Waals surface area contributed by atoms with Gasteiger partial charge < -0.3 is 19.7 Å². The molecule has 0 atom stereocenters. The number of carboxylic acids is 1. The molecule has 0 N–H and O–H groups in total. The van der Waals surface area contributed by atoms with E-state index in [1.165, 1.54) is 0 Å². The van der Waals surface area contributed by atoms with Gasteiger partial charge in [-0.15, -0.1) is 0 Å². The van der Waals surface area contributed by atoms with Crippen LogP contribution in [0.1, 0.15) is 0 Å². The summed E-state index contributed by atoms with van der Waals surface area (Å²) in [6.45, 7) is -0.431. The highest BCUT2D eigenvalue weighted by atomic mass is 16.5. The number of rotatable bonds is 2. The quantitative estimate of drug-likeness (QED) is 0.377. The minimum Gasteiger partial charge on any atom is -0.857 e. The van der Waals surface area contributed by atoms with Crippen LogP contribution in [0, 0.1) is 7.11 Å². The van der Waals surface area contributed by atoms with Crippen molar-refractivity contribution in [3.05, 3.63) is 7.11 Å². The first-order valence-electron chi connectivity index (χ1n) is 1.75. The van der Waals surface area contributed by atoms with Crippen molar-refractivity contribution in [2.45, 2.75) is 0 Å². The van der Waals surface area contributed by atoms with Gasteiger partial charge >= 0.3 is 0 Å². The topological polar surface area (TPSA) is 72.4 Å². The van der Waals surface area contributed by atoms with Crippen molar-refractivity contribution in [1.82, 2.24) is 0 Å². The molecular weight excluding hydrogens is 112 g/mol. The average molecular weight is 119 g/mol. The summed E-state index contributed by atoms with van der Waals surface area (Å²) in [5.41, 5.74) is 0. The summed E-state index contributed by atoms with van der Waals surface area (Å²) in [5.74, 6) is -1.25. The minimum atomic E-state index is -1.25. The molecule has 4 heteroatoms. The van der Waals surface area contributed by atoms with Crippen molar-refractivity contribution in [3.8, 4) is 0 Å². The molecule has 0 aliphatic rings. The lowest BCUT2D eigenvalue weighted by atomic mass is 10.8. The molecule has 0 aromatic rings. The molecule has 0 aromatic carbocycles. The van der Waals surface area contributed by atoms with E-state index >= 15 is 0 Å². The number of carboxylic acid groups (broad SMARTS) is 1. The lowest BCUT2D eigenvalue weighted by molar-refractivity contribution is -0.325. The third-order valence-electron chi connectivity index (χ3n) is 0.220. The van der Waals surface area contributed by atoms with Crippen molar-refractivity contribution >= 4 is 5.97 Å². The Hall–Kier alpha value is -0.610. The van der Waals surface area contributed by atoms with Crippen LogP contribution < -0.4 is 10.2 Å². The van der Waals surface area contributed by atoms with Crippen molar-refractivity contribution in [2.75, 3.05) is 13.7 Å². The number of ether oxygens (including phenoxy) is 1. The Kier molecular flexibility index (Phi) is 12.5. The van der Waals surface area contributed by atoms with Gasteiger partial charge in [-0.05, 0) is 0 Å². The highest BCUT2D eigenvalue weighted by Crippen LogP contribution is 1.60. The Morgan fingerprint density at radius 3 is 2.12 bits per heavy atom. The van der Waals surface area contributed by atoms with Gasteiger partial charge in [0.05, 0.1) is 12.6 Å². The van der Waals surface area contributed by atoms with Crippen molar-refractivity contribution in [1.29, 1.82) is 0 Å². The van der Waals surface area contributed by atoms with Crippen LogP contribution >= 0.6 is 0 Å². The zero-order valence-electron chi connectivity index (χ0n) is 4.55. The summed E-state index contributed by atoms with van der Waals surface area (Å²) in [5, 5.41) is 17.6. The standard InChI is InChI=1S/C3H5O3.CH3O/c1-6-2-3(4)5;1-2/h1-2H2,(H,4,5);1H3/q2*-1/p-1.